The van der Waals surface area contributed by atoms with Crippen molar-refractivity contribution in [2.24, 2.45) is 0 Å². The van der Waals surface area contributed by atoms with E-state index in [1.807, 2.05) is 0 Å². The van der Waals surface area contributed by atoms with Crippen LogP contribution < -0.4 is 5.32 Å². The van der Waals surface area contributed by atoms with Crippen LogP contribution in [0.25, 0.3) is 0 Å². The number of unbranched alkanes of at least 4 members (excludes halogenated alkanes) is 27. The van der Waals surface area contributed by atoms with Crippen LogP contribution in [0, 0.1) is 0 Å². The molecule has 324 valence electrons. The lowest BCUT2D eigenvalue weighted by Crippen LogP contribution is -2.46. The number of ether oxygens (including phenoxy) is 1. The van der Waals surface area contributed by atoms with Gasteiger partial charge in [0.05, 0.1) is 25.2 Å². The molecule has 55 heavy (non-hydrogen) atoms. The first-order valence-corrected chi connectivity index (χ1v) is 24.1. The number of aliphatic hydroxyl groups is 2. The van der Waals surface area contributed by atoms with Crippen molar-refractivity contribution in [3.63, 3.8) is 0 Å². The van der Waals surface area contributed by atoms with Crippen LogP contribution in [0.3, 0.4) is 0 Å². The fraction of sp³-hybridized carbons (Fsp3) is 0.878. The largest absolute Gasteiger partial charge is 0.462 e. The summed E-state index contributed by atoms with van der Waals surface area (Å²) in [5.74, 6) is -0.503. The van der Waals surface area contributed by atoms with Gasteiger partial charge in [0.2, 0.25) is 5.91 Å². The number of aliphatic hydroxyl groups excluding tert-OH is 2. The molecule has 0 spiro atoms. The summed E-state index contributed by atoms with van der Waals surface area (Å²) in [6.45, 7) is 6.44. The van der Waals surface area contributed by atoms with Crippen molar-refractivity contribution in [1.29, 1.82) is 0 Å². The summed E-state index contributed by atoms with van der Waals surface area (Å²) in [4.78, 5) is 26.0. The van der Waals surface area contributed by atoms with E-state index in [0.717, 1.165) is 77.0 Å². The summed E-state index contributed by atoms with van der Waals surface area (Å²) in [7, 11) is 0. The minimum absolute atomic E-state index is 0.0639. The van der Waals surface area contributed by atoms with Crippen molar-refractivity contribution < 1.29 is 24.5 Å². The highest BCUT2D eigenvalue weighted by atomic mass is 16.5. The highest BCUT2D eigenvalue weighted by Crippen LogP contribution is 2.17. The number of esters is 1. The third-order valence-corrected chi connectivity index (χ3v) is 11.0. The number of carbonyl (C=O) groups is 2. The van der Waals surface area contributed by atoms with E-state index in [1.165, 1.54) is 128 Å². The van der Waals surface area contributed by atoms with Crippen LogP contribution in [0.4, 0.5) is 0 Å². The number of hydrogen-bond acceptors (Lipinski definition) is 5. The second-order valence-electron chi connectivity index (χ2n) is 16.5. The lowest BCUT2D eigenvalue weighted by molar-refractivity contribution is -0.151. The van der Waals surface area contributed by atoms with Crippen molar-refractivity contribution in [3.8, 4) is 0 Å². The number of carbonyl (C=O) groups excluding carboxylic acids is 2. The SMILES string of the molecule is CCCCC/C=C\CCCCCC(CC(=O)NC(CO)C(O)CCCCCCCCCCCCCCC)OC(=O)CCCCC/C=C\CCCCCCCC. The molecular weight excluding hydrogens is 683 g/mol. The molecular formula is C49H93NO5. The molecule has 1 amide bonds. The Balaban J connectivity index is 4.55. The molecule has 0 aromatic carbocycles. The van der Waals surface area contributed by atoms with Gasteiger partial charge in [0, 0.05) is 6.42 Å². The number of rotatable bonds is 43. The molecule has 6 heteroatoms. The molecule has 3 N–H and O–H groups in total. The smallest absolute Gasteiger partial charge is 0.306 e. The Hall–Kier alpha value is -1.66. The number of amides is 1. The second kappa shape index (κ2) is 43.5. The van der Waals surface area contributed by atoms with Crippen molar-refractivity contribution in [2.75, 3.05) is 6.61 Å². The Morgan fingerprint density at radius 3 is 1.35 bits per heavy atom. The van der Waals surface area contributed by atoms with Crippen LogP contribution in [0.15, 0.2) is 24.3 Å². The van der Waals surface area contributed by atoms with Crippen LogP contribution in [-0.4, -0.2) is 46.9 Å². The van der Waals surface area contributed by atoms with E-state index in [0.29, 0.717) is 19.3 Å². The van der Waals surface area contributed by atoms with Gasteiger partial charge in [0.1, 0.15) is 6.10 Å². The minimum atomic E-state index is -0.789. The lowest BCUT2D eigenvalue weighted by Gasteiger charge is -2.24. The third kappa shape index (κ3) is 39.0. The van der Waals surface area contributed by atoms with Gasteiger partial charge in [-0.3, -0.25) is 9.59 Å². The first kappa shape index (κ1) is 53.3. The van der Waals surface area contributed by atoms with Gasteiger partial charge in [-0.1, -0.05) is 186 Å². The van der Waals surface area contributed by atoms with E-state index in [1.54, 1.807) is 0 Å². The maximum Gasteiger partial charge on any atom is 0.306 e. The molecule has 0 radical (unpaired) electrons. The van der Waals surface area contributed by atoms with Crippen LogP contribution in [0.5, 0.6) is 0 Å². The van der Waals surface area contributed by atoms with Gasteiger partial charge in [0.15, 0.2) is 0 Å². The molecule has 0 rings (SSSR count). The van der Waals surface area contributed by atoms with E-state index >= 15 is 0 Å². The highest BCUT2D eigenvalue weighted by molar-refractivity contribution is 5.77. The van der Waals surface area contributed by atoms with E-state index in [4.69, 9.17) is 4.74 Å². The van der Waals surface area contributed by atoms with Gasteiger partial charge in [0.25, 0.3) is 0 Å². The predicted octanol–water partition coefficient (Wildman–Crippen LogP) is 14.0. The molecule has 0 aliphatic carbocycles. The topological polar surface area (TPSA) is 95.9 Å². The molecule has 0 heterocycles. The zero-order valence-electron chi connectivity index (χ0n) is 36.8. The average molecular weight is 776 g/mol. The monoisotopic (exact) mass is 776 g/mol. The highest BCUT2D eigenvalue weighted by Gasteiger charge is 2.24. The second-order valence-corrected chi connectivity index (χ2v) is 16.5. The summed E-state index contributed by atoms with van der Waals surface area (Å²) in [6, 6.07) is -0.704. The van der Waals surface area contributed by atoms with Gasteiger partial charge in [-0.05, 0) is 77.0 Å². The molecule has 3 unspecified atom stereocenters. The molecule has 3 atom stereocenters. The molecule has 0 saturated carbocycles. The lowest BCUT2D eigenvalue weighted by atomic mass is 10.0. The first-order chi connectivity index (χ1) is 27.0. The molecule has 0 aromatic rings. The first-order valence-electron chi connectivity index (χ1n) is 24.1. The van der Waals surface area contributed by atoms with Gasteiger partial charge in [-0.25, -0.2) is 0 Å². The van der Waals surface area contributed by atoms with Crippen molar-refractivity contribution in [1.82, 2.24) is 5.32 Å². The van der Waals surface area contributed by atoms with E-state index in [9.17, 15) is 19.8 Å². The Morgan fingerprint density at radius 2 is 0.873 bits per heavy atom. The maximum atomic E-state index is 13.1. The molecule has 0 aliphatic heterocycles. The van der Waals surface area contributed by atoms with Gasteiger partial charge in [-0.15, -0.1) is 0 Å². The number of hydrogen-bond donors (Lipinski definition) is 3. The summed E-state index contributed by atoms with van der Waals surface area (Å²) >= 11 is 0. The molecule has 0 saturated heterocycles. The Kier molecular flexibility index (Phi) is 42.2. The maximum absolute atomic E-state index is 13.1. The standard InChI is InChI=1S/C49H93NO5/c1-4-7-10-13-16-19-22-24-26-29-32-35-38-41-47(52)46(44-51)50-48(53)43-45(40-37-34-31-28-21-18-15-12-9-6-3)55-49(54)42-39-36-33-30-27-25-23-20-17-14-11-8-5-2/h18,21,25,27,45-47,51-52H,4-17,19-20,22-24,26,28-44H2,1-3H3,(H,50,53)/b21-18-,27-25-. The predicted molar refractivity (Wildman–Crippen MR) is 236 cm³/mol. The van der Waals surface area contributed by atoms with Crippen molar-refractivity contribution in [3.05, 3.63) is 24.3 Å². The summed E-state index contributed by atoms with van der Waals surface area (Å²) in [5.41, 5.74) is 0. The average Bonchev–Trinajstić information content (AvgIpc) is 3.18. The normalized spacial score (nSPS) is 13.5. The van der Waals surface area contributed by atoms with E-state index in [2.05, 4.69) is 50.4 Å². The third-order valence-electron chi connectivity index (χ3n) is 11.0. The fourth-order valence-electron chi connectivity index (χ4n) is 7.30. The van der Waals surface area contributed by atoms with Crippen LogP contribution in [0.2, 0.25) is 0 Å². The number of nitrogens with one attached hydrogen (secondary N) is 1. The summed E-state index contributed by atoms with van der Waals surface area (Å²) < 4.78 is 5.89. The fourth-order valence-corrected chi connectivity index (χ4v) is 7.30. The zero-order valence-corrected chi connectivity index (χ0v) is 36.8. The van der Waals surface area contributed by atoms with Crippen molar-refractivity contribution >= 4 is 11.9 Å². The van der Waals surface area contributed by atoms with Crippen molar-refractivity contribution in [2.45, 2.75) is 270 Å². The number of allylic oxidation sites excluding steroid dienone is 4. The van der Waals surface area contributed by atoms with Crippen LogP contribution >= 0.6 is 0 Å². The Morgan fingerprint density at radius 1 is 0.509 bits per heavy atom. The molecule has 0 aromatic heterocycles. The molecule has 0 fully saturated rings. The van der Waals surface area contributed by atoms with Gasteiger partial charge < -0.3 is 20.3 Å². The van der Waals surface area contributed by atoms with E-state index in [-0.39, 0.29) is 24.9 Å². The zero-order chi connectivity index (χ0) is 40.3. The molecule has 0 bridgehead atoms. The van der Waals surface area contributed by atoms with E-state index < -0.39 is 18.2 Å². The minimum Gasteiger partial charge on any atom is -0.462 e. The summed E-state index contributed by atoms with van der Waals surface area (Å²) in [5, 5.41) is 23.7. The molecule has 0 aliphatic rings. The quantitative estimate of drug-likeness (QED) is 0.0326. The molecule has 6 nitrogen and oxygen atoms in total. The van der Waals surface area contributed by atoms with Crippen LogP contribution in [0.1, 0.15) is 252 Å². The Bertz CT molecular complexity index is 873. The van der Waals surface area contributed by atoms with Crippen LogP contribution in [-0.2, 0) is 14.3 Å². The van der Waals surface area contributed by atoms with Gasteiger partial charge in [-0.2, -0.15) is 0 Å². The summed E-state index contributed by atoms with van der Waals surface area (Å²) in [6.07, 6.45) is 48.1. The Labute approximate surface area is 341 Å². The van der Waals surface area contributed by atoms with Gasteiger partial charge >= 0.3 is 5.97 Å².